The quantitative estimate of drug-likeness (QED) is 0.317. The number of benzene rings is 2. The van der Waals surface area contributed by atoms with Crippen molar-refractivity contribution in [3.8, 4) is 16.9 Å². The fraction of sp³-hybridized carbons (Fsp3) is 0.273. The lowest BCUT2D eigenvalue weighted by molar-refractivity contribution is -0.356. The zero-order valence-electron chi connectivity index (χ0n) is 18.3. The molecule has 1 aliphatic rings. The number of alkyl halides is 12. The molecule has 0 fully saturated rings. The third-order valence-electron chi connectivity index (χ3n) is 5.24. The first-order valence-corrected chi connectivity index (χ1v) is 10.0. The van der Waals surface area contributed by atoms with Gasteiger partial charge < -0.3 is 10.5 Å². The van der Waals surface area contributed by atoms with Crippen molar-refractivity contribution in [3.05, 3.63) is 71.3 Å². The van der Waals surface area contributed by atoms with Crippen molar-refractivity contribution in [2.75, 3.05) is 0 Å². The fourth-order valence-corrected chi connectivity index (χ4v) is 3.76. The Morgan fingerprint density at radius 1 is 0.711 bits per heavy atom. The highest BCUT2D eigenvalue weighted by atomic mass is 19.4. The van der Waals surface area contributed by atoms with Crippen molar-refractivity contribution in [2.24, 2.45) is 11.5 Å². The largest absolute Gasteiger partial charge is 0.573 e. The Morgan fingerprint density at radius 2 is 1.24 bits per heavy atom. The van der Waals surface area contributed by atoms with Crippen LogP contribution in [0.4, 0.5) is 52.7 Å². The number of hydrogen-bond acceptors (Lipinski definition) is 4. The molecule has 208 valence electrons. The average molecular weight is 566 g/mol. The van der Waals surface area contributed by atoms with E-state index >= 15 is 0 Å². The number of halogens is 12. The molecule has 0 saturated carbocycles. The number of ether oxygens (including phenoxy) is 2. The number of allylic oxidation sites excluding steroid dienone is 2. The van der Waals surface area contributed by atoms with Crippen molar-refractivity contribution in [1.29, 1.82) is 0 Å². The van der Waals surface area contributed by atoms with Crippen molar-refractivity contribution < 1.29 is 62.2 Å². The van der Waals surface area contributed by atoms with E-state index in [1.165, 1.54) is 0 Å². The molecule has 2 aromatic carbocycles. The topological polar surface area (TPSA) is 70.5 Å². The minimum absolute atomic E-state index is 0.157. The van der Waals surface area contributed by atoms with E-state index in [1.54, 1.807) is 0 Å². The summed E-state index contributed by atoms with van der Waals surface area (Å²) in [7, 11) is 0. The first kappa shape index (κ1) is 29.3. The van der Waals surface area contributed by atoms with Crippen LogP contribution in [0.3, 0.4) is 0 Å². The standard InChI is InChI=1S/C22H14F12N2O2/c23-19(24,25)14-9-12(13-5-3-7-17(35)18(13,36)38-22(32,33)34)15(20(26,27)28)8-11(14)10-4-1-2-6-16(10)37-21(29,30)31/h1-9,17H,35-36H2. The molecular formula is C22H14F12N2O2. The van der Waals surface area contributed by atoms with Gasteiger partial charge in [-0.25, -0.2) is 0 Å². The minimum Gasteiger partial charge on any atom is -0.405 e. The Kier molecular flexibility index (Phi) is 7.33. The Balaban J connectivity index is 2.41. The molecular weight excluding hydrogens is 552 g/mol. The first-order chi connectivity index (χ1) is 17.1. The Bertz CT molecular complexity index is 1260. The molecule has 0 saturated heterocycles. The van der Waals surface area contributed by atoms with Gasteiger partial charge in [-0.1, -0.05) is 36.4 Å². The van der Waals surface area contributed by atoms with Crippen LogP contribution in [0.5, 0.6) is 5.75 Å². The van der Waals surface area contributed by atoms with Gasteiger partial charge in [-0.2, -0.15) is 26.3 Å². The van der Waals surface area contributed by atoms with E-state index in [2.05, 4.69) is 9.47 Å². The van der Waals surface area contributed by atoms with E-state index in [4.69, 9.17) is 11.5 Å². The second kappa shape index (κ2) is 9.50. The zero-order valence-corrected chi connectivity index (χ0v) is 18.3. The van der Waals surface area contributed by atoms with Gasteiger partial charge in [0.15, 0.2) is 5.72 Å². The molecule has 0 heterocycles. The molecule has 0 amide bonds. The maximum Gasteiger partial charge on any atom is 0.573 e. The third-order valence-corrected chi connectivity index (χ3v) is 5.24. The maximum atomic E-state index is 14.1. The van der Waals surface area contributed by atoms with Crippen LogP contribution in [0.25, 0.3) is 16.7 Å². The molecule has 0 aliphatic heterocycles. The van der Waals surface area contributed by atoms with Crippen molar-refractivity contribution in [1.82, 2.24) is 0 Å². The average Bonchev–Trinajstić information content (AvgIpc) is 2.72. The van der Waals surface area contributed by atoms with Gasteiger partial charge in [-0.15, -0.1) is 26.3 Å². The normalized spacial score (nSPS) is 20.9. The first-order valence-electron chi connectivity index (χ1n) is 10.0. The predicted molar refractivity (Wildman–Crippen MR) is 108 cm³/mol. The summed E-state index contributed by atoms with van der Waals surface area (Å²) < 4.78 is 170. The van der Waals surface area contributed by atoms with Gasteiger partial charge in [-0.05, 0) is 29.3 Å². The van der Waals surface area contributed by atoms with E-state index in [-0.39, 0.29) is 12.1 Å². The Morgan fingerprint density at radius 3 is 1.76 bits per heavy atom. The summed E-state index contributed by atoms with van der Waals surface area (Å²) in [4.78, 5) is 0. The van der Waals surface area contributed by atoms with Gasteiger partial charge in [0.05, 0.1) is 17.2 Å². The zero-order chi connectivity index (χ0) is 28.9. The lowest BCUT2D eigenvalue weighted by atomic mass is 9.81. The molecule has 0 aromatic heterocycles. The van der Waals surface area contributed by atoms with E-state index in [9.17, 15) is 52.7 Å². The predicted octanol–water partition coefficient (Wildman–Crippen LogP) is 6.76. The molecule has 2 aromatic rings. The lowest BCUT2D eigenvalue weighted by Gasteiger charge is -2.39. The number of para-hydroxylation sites is 1. The molecule has 0 spiro atoms. The maximum absolute atomic E-state index is 14.1. The van der Waals surface area contributed by atoms with E-state index in [0.717, 1.165) is 24.3 Å². The van der Waals surface area contributed by atoms with Gasteiger partial charge in [-0.3, -0.25) is 10.5 Å². The molecule has 2 atom stereocenters. The van der Waals surface area contributed by atoms with Crippen LogP contribution in [0, 0.1) is 0 Å². The number of hydrogen-bond donors (Lipinski definition) is 2. The van der Waals surface area contributed by atoms with Gasteiger partial charge in [0.1, 0.15) is 5.75 Å². The molecule has 3 rings (SSSR count). The van der Waals surface area contributed by atoms with Crippen molar-refractivity contribution in [2.45, 2.75) is 36.8 Å². The van der Waals surface area contributed by atoms with Crippen LogP contribution >= 0.6 is 0 Å². The van der Waals surface area contributed by atoms with Gasteiger partial charge in [0.25, 0.3) is 0 Å². The third kappa shape index (κ3) is 6.24. The van der Waals surface area contributed by atoms with Crippen LogP contribution in [-0.4, -0.2) is 24.5 Å². The second-order valence-electron chi connectivity index (χ2n) is 7.81. The molecule has 1 aliphatic carbocycles. The van der Waals surface area contributed by atoms with Gasteiger partial charge in [0, 0.05) is 11.1 Å². The highest BCUT2D eigenvalue weighted by Gasteiger charge is 2.51. The van der Waals surface area contributed by atoms with Gasteiger partial charge in [0.2, 0.25) is 0 Å². The van der Waals surface area contributed by atoms with Crippen LogP contribution in [-0.2, 0) is 17.1 Å². The van der Waals surface area contributed by atoms with Crippen LogP contribution in [0.15, 0.2) is 54.6 Å². The van der Waals surface area contributed by atoms with E-state index < -0.39 is 76.0 Å². The summed E-state index contributed by atoms with van der Waals surface area (Å²) >= 11 is 0. The minimum atomic E-state index is -5.59. The Labute approximate surface area is 205 Å². The molecule has 16 heteroatoms. The summed E-state index contributed by atoms with van der Waals surface area (Å²) in [6.07, 6.45) is -19.8. The monoisotopic (exact) mass is 566 g/mol. The lowest BCUT2D eigenvalue weighted by Crippen LogP contribution is -2.60. The van der Waals surface area contributed by atoms with Crippen LogP contribution in [0.2, 0.25) is 0 Å². The number of nitrogens with two attached hydrogens (primary N) is 2. The summed E-state index contributed by atoms with van der Waals surface area (Å²) in [5, 5.41) is 0. The molecule has 2 unspecified atom stereocenters. The SMILES string of the molecule is NC1C=CC=C(c2cc(C(F)(F)F)c(-c3ccccc3OC(F)(F)F)cc2C(F)(F)F)C1(N)OC(F)(F)F. The van der Waals surface area contributed by atoms with Gasteiger partial charge >= 0.3 is 25.1 Å². The highest BCUT2D eigenvalue weighted by Crippen LogP contribution is 2.49. The summed E-state index contributed by atoms with van der Waals surface area (Å²) in [5.74, 6) is -1.26. The van der Waals surface area contributed by atoms with Crippen LogP contribution < -0.4 is 16.2 Å². The highest BCUT2D eigenvalue weighted by molar-refractivity contribution is 5.83. The van der Waals surface area contributed by atoms with Crippen molar-refractivity contribution in [3.63, 3.8) is 0 Å². The summed E-state index contributed by atoms with van der Waals surface area (Å²) in [5.41, 5.74) is -1.22. The summed E-state index contributed by atoms with van der Waals surface area (Å²) in [6.45, 7) is 0. The molecule has 0 bridgehead atoms. The Hall–Kier alpha value is -3.24. The van der Waals surface area contributed by atoms with Crippen LogP contribution in [0.1, 0.15) is 16.7 Å². The van der Waals surface area contributed by atoms with E-state index in [1.807, 2.05) is 0 Å². The smallest absolute Gasteiger partial charge is 0.405 e. The van der Waals surface area contributed by atoms with Crippen molar-refractivity contribution >= 4 is 5.57 Å². The fourth-order valence-electron chi connectivity index (χ4n) is 3.76. The molecule has 4 N–H and O–H groups in total. The number of rotatable bonds is 4. The van der Waals surface area contributed by atoms with E-state index in [0.29, 0.717) is 18.2 Å². The summed E-state index contributed by atoms with van der Waals surface area (Å²) in [6, 6.07) is 0.769. The second-order valence-corrected chi connectivity index (χ2v) is 7.81. The molecule has 4 nitrogen and oxygen atoms in total. The molecule has 0 radical (unpaired) electrons. The molecule has 38 heavy (non-hydrogen) atoms.